The zero-order valence-electron chi connectivity index (χ0n) is 15.7. The van der Waals surface area contributed by atoms with E-state index >= 15 is 0 Å². The van der Waals surface area contributed by atoms with Crippen molar-refractivity contribution in [3.05, 3.63) is 54.1 Å². The van der Waals surface area contributed by atoms with Crippen LogP contribution in [0.2, 0.25) is 0 Å². The Hall–Kier alpha value is -2.22. The van der Waals surface area contributed by atoms with E-state index < -0.39 is 0 Å². The predicted molar refractivity (Wildman–Crippen MR) is 110 cm³/mol. The second-order valence-corrected chi connectivity index (χ2v) is 6.92. The van der Waals surface area contributed by atoms with Crippen molar-refractivity contribution < 1.29 is 0 Å². The summed E-state index contributed by atoms with van der Waals surface area (Å²) in [6, 6.07) is 18.1. The van der Waals surface area contributed by atoms with Gasteiger partial charge in [0.25, 0.3) is 0 Å². The molecule has 3 rings (SSSR count). The molecule has 3 aromatic rings. The van der Waals surface area contributed by atoms with Crippen molar-refractivity contribution in [3.63, 3.8) is 0 Å². The minimum absolute atomic E-state index is 0.521. The number of anilines is 1. The fourth-order valence-corrected chi connectivity index (χ4v) is 3.43. The predicted octanol–water partition coefficient (Wildman–Crippen LogP) is 6.78. The second-order valence-electron chi connectivity index (χ2n) is 6.92. The maximum Gasteiger partial charge on any atom is 0.0694 e. The molecule has 0 fully saturated rings. The van der Waals surface area contributed by atoms with E-state index in [1.807, 2.05) is 0 Å². The SMILES string of the molecule is CCCCc1cc(NC(CC)CC)c2[nH]c(-c3ccccc3)cc2c1. The average molecular weight is 335 g/mol. The molecule has 2 heteroatoms. The van der Waals surface area contributed by atoms with Crippen LogP contribution >= 0.6 is 0 Å². The molecule has 0 aliphatic heterocycles. The Kier molecular flexibility index (Phi) is 5.80. The van der Waals surface area contributed by atoms with Gasteiger partial charge in [0, 0.05) is 17.1 Å². The Bertz CT molecular complexity index is 798. The van der Waals surface area contributed by atoms with Gasteiger partial charge >= 0.3 is 0 Å². The first-order valence-corrected chi connectivity index (χ1v) is 9.72. The van der Waals surface area contributed by atoms with Crippen LogP contribution < -0.4 is 5.32 Å². The summed E-state index contributed by atoms with van der Waals surface area (Å²) in [7, 11) is 0. The van der Waals surface area contributed by atoms with Gasteiger partial charge in [-0.25, -0.2) is 0 Å². The molecular formula is C23H30N2. The number of aryl methyl sites for hydroxylation is 1. The van der Waals surface area contributed by atoms with Gasteiger partial charge in [-0.15, -0.1) is 0 Å². The number of aromatic amines is 1. The Balaban J connectivity index is 2.05. The van der Waals surface area contributed by atoms with E-state index in [4.69, 9.17) is 0 Å². The summed E-state index contributed by atoms with van der Waals surface area (Å²) >= 11 is 0. The third-order valence-electron chi connectivity index (χ3n) is 5.04. The minimum Gasteiger partial charge on any atom is -0.381 e. The number of H-pyrrole nitrogens is 1. The third kappa shape index (κ3) is 4.07. The van der Waals surface area contributed by atoms with Crippen LogP contribution in [0.5, 0.6) is 0 Å². The Labute approximate surface area is 151 Å². The molecule has 0 aliphatic carbocycles. The minimum atomic E-state index is 0.521. The first-order chi connectivity index (χ1) is 12.2. The van der Waals surface area contributed by atoms with Gasteiger partial charge in [-0.05, 0) is 55.0 Å². The summed E-state index contributed by atoms with van der Waals surface area (Å²) in [6.07, 6.45) is 5.91. The van der Waals surface area contributed by atoms with Crippen molar-refractivity contribution in [2.24, 2.45) is 0 Å². The van der Waals surface area contributed by atoms with E-state index in [0.29, 0.717) is 6.04 Å². The molecule has 2 aromatic carbocycles. The summed E-state index contributed by atoms with van der Waals surface area (Å²) in [5.74, 6) is 0. The number of rotatable bonds is 8. The lowest BCUT2D eigenvalue weighted by Crippen LogP contribution is -2.17. The standard InChI is InChI=1S/C23H30N2/c1-4-7-11-17-14-19-16-21(18-12-9-8-10-13-18)25-23(19)22(15-17)24-20(5-2)6-3/h8-10,12-16,20,24-25H,4-7,11H2,1-3H3. The van der Waals surface area contributed by atoms with Gasteiger partial charge in [0.05, 0.1) is 11.2 Å². The third-order valence-corrected chi connectivity index (χ3v) is 5.04. The van der Waals surface area contributed by atoms with E-state index in [9.17, 15) is 0 Å². The molecule has 0 radical (unpaired) electrons. The molecule has 0 atom stereocenters. The van der Waals surface area contributed by atoms with Crippen LogP contribution in [0.3, 0.4) is 0 Å². The van der Waals surface area contributed by atoms with Crippen LogP contribution in [-0.4, -0.2) is 11.0 Å². The highest BCUT2D eigenvalue weighted by Crippen LogP contribution is 2.31. The molecule has 2 N–H and O–H groups in total. The van der Waals surface area contributed by atoms with Gasteiger partial charge in [-0.2, -0.15) is 0 Å². The molecule has 0 aliphatic rings. The topological polar surface area (TPSA) is 27.8 Å². The van der Waals surface area contributed by atoms with E-state index in [-0.39, 0.29) is 0 Å². The van der Waals surface area contributed by atoms with Gasteiger partial charge in [-0.3, -0.25) is 0 Å². The highest BCUT2D eigenvalue weighted by Gasteiger charge is 2.12. The molecular weight excluding hydrogens is 304 g/mol. The second kappa shape index (κ2) is 8.24. The van der Waals surface area contributed by atoms with Gasteiger partial charge in [0.1, 0.15) is 0 Å². The molecule has 1 heterocycles. The monoisotopic (exact) mass is 334 g/mol. The molecule has 1 aromatic heterocycles. The lowest BCUT2D eigenvalue weighted by Gasteiger charge is -2.18. The highest BCUT2D eigenvalue weighted by atomic mass is 14.9. The van der Waals surface area contributed by atoms with Gasteiger partial charge in [0.2, 0.25) is 0 Å². The van der Waals surface area contributed by atoms with Crippen LogP contribution in [0.4, 0.5) is 5.69 Å². The summed E-state index contributed by atoms with van der Waals surface area (Å²) in [5.41, 5.74) is 6.34. The molecule has 0 saturated heterocycles. The first-order valence-electron chi connectivity index (χ1n) is 9.72. The number of benzene rings is 2. The molecule has 0 amide bonds. The number of hydrogen-bond acceptors (Lipinski definition) is 1. The molecule has 0 spiro atoms. The van der Waals surface area contributed by atoms with Crippen molar-refractivity contribution >= 4 is 16.6 Å². The zero-order valence-corrected chi connectivity index (χ0v) is 15.7. The van der Waals surface area contributed by atoms with Crippen LogP contribution in [0.1, 0.15) is 52.0 Å². The lowest BCUT2D eigenvalue weighted by molar-refractivity contribution is 0.672. The Morgan fingerprint density at radius 2 is 1.72 bits per heavy atom. The summed E-state index contributed by atoms with van der Waals surface area (Å²) in [4.78, 5) is 3.65. The first kappa shape index (κ1) is 17.6. The Morgan fingerprint density at radius 1 is 0.960 bits per heavy atom. The lowest BCUT2D eigenvalue weighted by atomic mass is 10.0. The number of hydrogen-bond donors (Lipinski definition) is 2. The largest absolute Gasteiger partial charge is 0.381 e. The smallest absolute Gasteiger partial charge is 0.0694 e. The van der Waals surface area contributed by atoms with Crippen molar-refractivity contribution in [1.29, 1.82) is 0 Å². The van der Waals surface area contributed by atoms with E-state index in [0.717, 1.165) is 19.3 Å². The van der Waals surface area contributed by atoms with E-state index in [1.165, 1.54) is 46.3 Å². The Morgan fingerprint density at radius 3 is 2.40 bits per heavy atom. The van der Waals surface area contributed by atoms with Crippen molar-refractivity contribution in [2.75, 3.05) is 5.32 Å². The zero-order chi connectivity index (χ0) is 17.6. The van der Waals surface area contributed by atoms with Crippen LogP contribution in [-0.2, 0) is 6.42 Å². The van der Waals surface area contributed by atoms with Gasteiger partial charge in [0.15, 0.2) is 0 Å². The van der Waals surface area contributed by atoms with Crippen molar-refractivity contribution in [1.82, 2.24) is 4.98 Å². The average Bonchev–Trinajstić information content (AvgIpc) is 3.09. The maximum atomic E-state index is 3.77. The van der Waals surface area contributed by atoms with Crippen LogP contribution in [0.15, 0.2) is 48.5 Å². The fraction of sp³-hybridized carbons (Fsp3) is 0.391. The van der Waals surface area contributed by atoms with Crippen LogP contribution in [0.25, 0.3) is 22.2 Å². The molecule has 25 heavy (non-hydrogen) atoms. The summed E-state index contributed by atoms with van der Waals surface area (Å²) in [6.45, 7) is 6.76. The number of fused-ring (bicyclic) bond motifs is 1. The molecule has 2 nitrogen and oxygen atoms in total. The molecule has 0 bridgehead atoms. The van der Waals surface area contributed by atoms with Crippen LogP contribution in [0, 0.1) is 0 Å². The van der Waals surface area contributed by atoms with E-state index in [1.54, 1.807) is 0 Å². The van der Waals surface area contributed by atoms with Gasteiger partial charge in [-0.1, -0.05) is 57.5 Å². The fourth-order valence-electron chi connectivity index (χ4n) is 3.43. The molecule has 0 saturated carbocycles. The number of unbranched alkanes of at least 4 members (excludes halogenated alkanes) is 1. The van der Waals surface area contributed by atoms with Crippen molar-refractivity contribution in [2.45, 2.75) is 58.9 Å². The summed E-state index contributed by atoms with van der Waals surface area (Å²) in [5, 5.41) is 5.08. The number of aromatic nitrogens is 1. The van der Waals surface area contributed by atoms with E-state index in [2.05, 4.69) is 79.6 Å². The van der Waals surface area contributed by atoms with Gasteiger partial charge < -0.3 is 10.3 Å². The molecule has 0 unspecified atom stereocenters. The molecule has 132 valence electrons. The highest BCUT2D eigenvalue weighted by molar-refractivity contribution is 5.95. The number of nitrogens with one attached hydrogen (secondary N) is 2. The maximum absolute atomic E-state index is 3.77. The summed E-state index contributed by atoms with van der Waals surface area (Å²) < 4.78 is 0. The van der Waals surface area contributed by atoms with Crippen molar-refractivity contribution in [3.8, 4) is 11.3 Å². The quantitative estimate of drug-likeness (QED) is 0.467. The normalized spacial score (nSPS) is 11.4.